The van der Waals surface area contributed by atoms with Gasteiger partial charge in [0.25, 0.3) is 0 Å². The van der Waals surface area contributed by atoms with Crippen LogP contribution in [0, 0.1) is 6.92 Å². The third kappa shape index (κ3) is 14.9. The smallest absolute Gasteiger partial charge is 0.390 e. The summed E-state index contributed by atoms with van der Waals surface area (Å²) in [5.41, 5.74) is 3.85. The second kappa shape index (κ2) is 22.5. The van der Waals surface area contributed by atoms with Crippen LogP contribution in [0.2, 0.25) is 0 Å². The first-order valence-corrected chi connectivity index (χ1v) is 12.2. The summed E-state index contributed by atoms with van der Waals surface area (Å²) in [5.74, 6) is 0. The zero-order valence-corrected chi connectivity index (χ0v) is 31.7. The molecule has 0 saturated carbocycles. The minimum Gasteiger partial charge on any atom is -0.390 e. The third-order valence-corrected chi connectivity index (χ3v) is 5.38. The fourth-order valence-corrected chi connectivity index (χ4v) is 3.91. The van der Waals surface area contributed by atoms with Gasteiger partial charge >= 0.3 is 39.0 Å². The molecule has 1 N–H and O–H groups in total. The number of hydrogen-bond donors (Lipinski definition) is 1. The summed E-state index contributed by atoms with van der Waals surface area (Å²) in [6, 6.07) is 23.6. The Morgan fingerprint density at radius 3 is 1.03 bits per heavy atom. The van der Waals surface area contributed by atoms with Crippen molar-refractivity contribution in [2.45, 2.75) is 39.2 Å². The Balaban J connectivity index is 0.00000282. The van der Waals surface area contributed by atoms with Crippen molar-refractivity contribution in [2.24, 2.45) is 0 Å². The largest absolute Gasteiger partial charge is 2.00 e. The Morgan fingerprint density at radius 2 is 0.821 bits per heavy atom. The van der Waals surface area contributed by atoms with Gasteiger partial charge in [-0.3, -0.25) is 29.7 Å². The van der Waals surface area contributed by atoms with Crippen molar-refractivity contribution in [2.75, 3.05) is 13.1 Å². The van der Waals surface area contributed by atoms with Gasteiger partial charge < -0.3 is 12.0 Å². The average Bonchev–Trinajstić information content (AvgIpc) is 2.92. The zero-order valence-electron chi connectivity index (χ0n) is 22.9. The van der Waals surface area contributed by atoms with E-state index >= 15 is 0 Å². The molecule has 0 fully saturated rings. The van der Waals surface area contributed by atoms with Crippen LogP contribution in [0.15, 0.2) is 97.6 Å². The standard InChI is InChI=1S/C27H30N6O.C2H5.Y.2Zn/c34-27(21-32(17-23-9-1-5-13-28-23)18-24-10-2-6-14-29-24)22-33(19-25-11-3-7-15-30-25)20-26-12-4-8-16-31-26;1-2;;;/h1-16,27,34H,17-22H2;1H2,2H3;;;/q;-1;;2*+2. The summed E-state index contributed by atoms with van der Waals surface area (Å²) < 4.78 is 0. The molecule has 0 atom stereocenters. The summed E-state index contributed by atoms with van der Waals surface area (Å²) in [6.45, 7) is 8.52. The maximum atomic E-state index is 11.1. The first-order chi connectivity index (χ1) is 17.7. The van der Waals surface area contributed by atoms with Crippen molar-refractivity contribution in [1.29, 1.82) is 0 Å². The van der Waals surface area contributed by atoms with E-state index in [-0.39, 0.29) is 71.7 Å². The van der Waals surface area contributed by atoms with E-state index in [9.17, 15) is 5.11 Å². The van der Waals surface area contributed by atoms with Crippen molar-refractivity contribution in [3.05, 3.63) is 127 Å². The van der Waals surface area contributed by atoms with Crippen LogP contribution in [-0.2, 0) is 97.8 Å². The Hall–Kier alpha value is -1.17. The predicted octanol–water partition coefficient (Wildman–Crippen LogP) is 4.16. The van der Waals surface area contributed by atoms with E-state index in [1.165, 1.54) is 0 Å². The van der Waals surface area contributed by atoms with Crippen LogP contribution in [0.4, 0.5) is 0 Å². The number of aromatic nitrogens is 4. The Kier molecular flexibility index (Phi) is 21.8. The van der Waals surface area contributed by atoms with E-state index in [1.807, 2.05) is 72.8 Å². The zero-order chi connectivity index (χ0) is 25.4. The Bertz CT molecular complexity index is 930. The molecule has 4 aromatic heterocycles. The van der Waals surface area contributed by atoms with Gasteiger partial charge in [-0.25, -0.2) is 0 Å². The van der Waals surface area contributed by atoms with Gasteiger partial charge in [0.2, 0.25) is 0 Å². The SMILES string of the molecule is OC(CN(Cc1ccccn1)Cc1ccccn1)CN(Cc1ccccn1)Cc1ccccn1.[CH2-]C.[Y].[Zn+2].[Zn+2]. The van der Waals surface area contributed by atoms with Crippen LogP contribution < -0.4 is 0 Å². The molecular weight excluding hydrogens is 668 g/mol. The van der Waals surface area contributed by atoms with Crippen LogP contribution in [0.1, 0.15) is 29.7 Å². The molecule has 0 bridgehead atoms. The first kappa shape index (κ1) is 37.8. The quantitative estimate of drug-likeness (QED) is 0.176. The molecule has 191 valence electrons. The molecule has 0 aliphatic rings. The van der Waals surface area contributed by atoms with E-state index in [2.05, 4.69) is 36.7 Å². The number of pyridine rings is 4. The molecule has 0 unspecified atom stereocenters. The maximum Gasteiger partial charge on any atom is 2.00 e. The topological polar surface area (TPSA) is 78.3 Å². The molecule has 0 amide bonds. The minimum absolute atomic E-state index is 0. The maximum absolute atomic E-state index is 11.1. The summed E-state index contributed by atoms with van der Waals surface area (Å²) in [5, 5.41) is 11.1. The number of hydrogen-bond acceptors (Lipinski definition) is 7. The molecule has 0 spiro atoms. The van der Waals surface area contributed by atoms with Gasteiger partial charge in [0.05, 0.1) is 28.9 Å². The van der Waals surface area contributed by atoms with E-state index in [1.54, 1.807) is 31.7 Å². The second-order valence-electron chi connectivity index (χ2n) is 8.28. The van der Waals surface area contributed by atoms with Crippen molar-refractivity contribution < 1.29 is 76.8 Å². The van der Waals surface area contributed by atoms with E-state index in [4.69, 9.17) is 0 Å². The van der Waals surface area contributed by atoms with Gasteiger partial charge in [-0.1, -0.05) is 24.3 Å². The molecule has 4 heterocycles. The number of nitrogens with zero attached hydrogens (tertiary/aromatic N) is 6. The third-order valence-electron chi connectivity index (χ3n) is 5.38. The normalized spacial score (nSPS) is 10.1. The number of aliphatic hydroxyl groups is 1. The summed E-state index contributed by atoms with van der Waals surface area (Å²) in [4.78, 5) is 22.3. The van der Waals surface area contributed by atoms with Crippen molar-refractivity contribution in [3.63, 3.8) is 0 Å². The van der Waals surface area contributed by atoms with Crippen LogP contribution in [0.25, 0.3) is 0 Å². The van der Waals surface area contributed by atoms with Gasteiger partial charge in [-0.05, 0) is 48.5 Å². The van der Waals surface area contributed by atoms with Gasteiger partial charge in [-0.15, -0.1) is 0 Å². The van der Waals surface area contributed by atoms with Crippen molar-refractivity contribution in [3.8, 4) is 0 Å². The molecule has 0 saturated heterocycles. The van der Waals surface area contributed by atoms with Gasteiger partial charge in [0.1, 0.15) is 0 Å². The van der Waals surface area contributed by atoms with Gasteiger partial charge in [-0.2, -0.15) is 6.92 Å². The van der Waals surface area contributed by atoms with Gasteiger partial charge in [0, 0.05) is 96.8 Å². The van der Waals surface area contributed by atoms with Crippen LogP contribution in [0.5, 0.6) is 0 Å². The van der Waals surface area contributed by atoms with Crippen molar-refractivity contribution in [1.82, 2.24) is 29.7 Å². The van der Waals surface area contributed by atoms with Crippen LogP contribution >= 0.6 is 0 Å². The Morgan fingerprint density at radius 1 is 0.564 bits per heavy atom. The van der Waals surface area contributed by atoms with E-state index in [0.29, 0.717) is 39.3 Å². The molecule has 10 heteroatoms. The first-order valence-electron chi connectivity index (χ1n) is 12.2. The molecule has 4 aromatic rings. The average molecular weight is 703 g/mol. The molecule has 7 nitrogen and oxygen atoms in total. The van der Waals surface area contributed by atoms with Crippen molar-refractivity contribution >= 4 is 0 Å². The number of aliphatic hydroxyl groups excluding tert-OH is 1. The molecule has 0 aliphatic carbocycles. The molecule has 4 rings (SSSR count). The summed E-state index contributed by atoms with van der Waals surface area (Å²) >= 11 is 0. The predicted molar refractivity (Wildman–Crippen MR) is 142 cm³/mol. The second-order valence-corrected chi connectivity index (χ2v) is 8.28. The van der Waals surface area contributed by atoms with E-state index in [0.717, 1.165) is 22.8 Å². The fourth-order valence-electron chi connectivity index (χ4n) is 3.91. The molecule has 1 radical (unpaired) electrons. The van der Waals surface area contributed by atoms with E-state index < -0.39 is 6.10 Å². The number of rotatable bonds is 12. The molecule has 0 aromatic carbocycles. The molecular formula is C29H35N6OYZn2+3. The summed E-state index contributed by atoms with van der Waals surface area (Å²) in [7, 11) is 0. The van der Waals surface area contributed by atoms with Crippen LogP contribution in [-0.4, -0.2) is 54.0 Å². The monoisotopic (exact) mass is 700 g/mol. The van der Waals surface area contributed by atoms with Gasteiger partial charge in [0.15, 0.2) is 0 Å². The summed E-state index contributed by atoms with van der Waals surface area (Å²) in [6.07, 6.45) is 6.62. The molecule has 0 aliphatic heterocycles. The minimum atomic E-state index is -0.570. The fraction of sp³-hybridized carbons (Fsp3) is 0.276. The van der Waals surface area contributed by atoms with Crippen LogP contribution in [0.3, 0.4) is 0 Å². The Labute approximate surface area is 283 Å². The molecule has 39 heavy (non-hydrogen) atoms.